The molecule has 0 spiro atoms. The van der Waals surface area contributed by atoms with Gasteiger partial charge in [0.1, 0.15) is 12.4 Å². The second-order valence-corrected chi connectivity index (χ2v) is 5.91. The first-order valence-electron chi connectivity index (χ1n) is 8.07. The largest absolute Gasteiger partial charge is 0.465 e. The molecule has 0 atom stereocenters. The molecule has 7 heteroatoms. The molecule has 1 aromatic heterocycles. The number of nitrogens with one attached hydrogen (secondary N) is 1. The predicted molar refractivity (Wildman–Crippen MR) is 91.7 cm³/mol. The maximum atomic E-state index is 12.6. The van der Waals surface area contributed by atoms with E-state index in [1.807, 2.05) is 0 Å². The van der Waals surface area contributed by atoms with Gasteiger partial charge in [-0.25, -0.2) is 9.78 Å². The number of ether oxygens (including phenoxy) is 1. The van der Waals surface area contributed by atoms with Crippen LogP contribution in [0.15, 0.2) is 29.1 Å². The van der Waals surface area contributed by atoms with Gasteiger partial charge >= 0.3 is 5.97 Å². The normalized spacial score (nSPS) is 12.6. The van der Waals surface area contributed by atoms with E-state index in [1.165, 1.54) is 11.7 Å². The summed E-state index contributed by atoms with van der Waals surface area (Å²) in [6.45, 7) is 1.57. The number of aromatic nitrogens is 2. The number of carbonyl (C=O) groups is 2. The average Bonchev–Trinajstić information content (AvgIpc) is 3.07. The Balaban J connectivity index is 1.83. The first-order valence-corrected chi connectivity index (χ1v) is 8.07. The number of nitrogens with zero attached hydrogens (tertiary/aromatic N) is 2. The molecule has 0 aliphatic heterocycles. The van der Waals surface area contributed by atoms with E-state index in [0.29, 0.717) is 23.5 Å². The monoisotopic (exact) mass is 341 g/mol. The van der Waals surface area contributed by atoms with Crippen LogP contribution in [0.25, 0.3) is 0 Å². The van der Waals surface area contributed by atoms with Crippen LogP contribution in [0.1, 0.15) is 33.9 Å². The fourth-order valence-electron chi connectivity index (χ4n) is 3.05. The van der Waals surface area contributed by atoms with Crippen LogP contribution in [0, 0.1) is 6.92 Å². The predicted octanol–water partition coefficient (Wildman–Crippen LogP) is 1.47. The molecule has 0 bridgehead atoms. The summed E-state index contributed by atoms with van der Waals surface area (Å²) < 4.78 is 6.09. The van der Waals surface area contributed by atoms with Crippen molar-refractivity contribution >= 4 is 17.6 Å². The smallest absolute Gasteiger partial charge is 0.339 e. The van der Waals surface area contributed by atoms with E-state index in [-0.39, 0.29) is 17.7 Å². The molecule has 0 radical (unpaired) electrons. The van der Waals surface area contributed by atoms with Crippen molar-refractivity contribution < 1.29 is 14.3 Å². The van der Waals surface area contributed by atoms with E-state index >= 15 is 0 Å². The minimum Gasteiger partial charge on any atom is -0.465 e. The Morgan fingerprint density at radius 1 is 1.28 bits per heavy atom. The molecule has 3 rings (SSSR count). The molecular weight excluding hydrogens is 322 g/mol. The van der Waals surface area contributed by atoms with E-state index in [4.69, 9.17) is 4.74 Å². The van der Waals surface area contributed by atoms with E-state index in [0.717, 1.165) is 18.5 Å². The highest BCUT2D eigenvalue weighted by molar-refractivity contribution is 6.01. The topological polar surface area (TPSA) is 90.3 Å². The zero-order valence-electron chi connectivity index (χ0n) is 14.2. The van der Waals surface area contributed by atoms with Crippen LogP contribution in [0.2, 0.25) is 0 Å². The van der Waals surface area contributed by atoms with Crippen molar-refractivity contribution in [1.29, 1.82) is 0 Å². The minimum absolute atomic E-state index is 0.152. The standard InChI is InChI=1S/C18H19N3O4/c1-11-19-14-9-5-7-12(14)17(23)21(11)10-16(22)20-15-8-4-3-6-13(15)18(24)25-2/h3-4,6,8H,5,7,9-10H2,1-2H3,(H,20,22). The van der Waals surface area contributed by atoms with E-state index < -0.39 is 11.9 Å². The van der Waals surface area contributed by atoms with Crippen LogP contribution in [-0.2, 0) is 28.9 Å². The van der Waals surface area contributed by atoms with Crippen molar-refractivity contribution in [3.05, 3.63) is 57.3 Å². The maximum absolute atomic E-state index is 12.6. The number of rotatable bonds is 4. The molecular formula is C18H19N3O4. The number of hydrogen-bond acceptors (Lipinski definition) is 5. The number of methoxy groups -OCH3 is 1. The summed E-state index contributed by atoms with van der Waals surface area (Å²) >= 11 is 0. The van der Waals surface area contributed by atoms with E-state index in [1.54, 1.807) is 31.2 Å². The number of carbonyl (C=O) groups excluding carboxylic acids is 2. The Hall–Kier alpha value is -2.96. The third-order valence-electron chi connectivity index (χ3n) is 4.29. The van der Waals surface area contributed by atoms with Crippen molar-refractivity contribution in [3.63, 3.8) is 0 Å². The third-order valence-corrected chi connectivity index (χ3v) is 4.29. The highest BCUT2D eigenvalue weighted by Gasteiger charge is 2.21. The zero-order valence-corrected chi connectivity index (χ0v) is 14.2. The van der Waals surface area contributed by atoms with Crippen LogP contribution in [0.4, 0.5) is 5.69 Å². The SMILES string of the molecule is COC(=O)c1ccccc1NC(=O)Cn1c(C)nc2c(c1=O)CCC2. The summed E-state index contributed by atoms with van der Waals surface area (Å²) in [5.74, 6) is -0.424. The van der Waals surface area contributed by atoms with Gasteiger partial charge in [0.2, 0.25) is 5.91 Å². The Morgan fingerprint density at radius 2 is 2.04 bits per heavy atom. The number of aryl methyl sites for hydroxylation is 2. The van der Waals surface area contributed by atoms with Crippen molar-refractivity contribution in [3.8, 4) is 0 Å². The summed E-state index contributed by atoms with van der Waals surface area (Å²) in [5.41, 5.74) is 1.99. The fraction of sp³-hybridized carbons (Fsp3) is 0.333. The minimum atomic E-state index is -0.538. The quantitative estimate of drug-likeness (QED) is 0.851. The second kappa shape index (κ2) is 6.88. The summed E-state index contributed by atoms with van der Waals surface area (Å²) in [5, 5.41) is 2.67. The molecule has 1 amide bonds. The molecule has 0 fully saturated rings. The van der Waals surface area contributed by atoms with Gasteiger partial charge in [-0.05, 0) is 38.3 Å². The lowest BCUT2D eigenvalue weighted by molar-refractivity contribution is -0.116. The number of para-hydroxylation sites is 1. The molecule has 130 valence electrons. The molecule has 7 nitrogen and oxygen atoms in total. The first kappa shape index (κ1) is 16.9. The fourth-order valence-corrected chi connectivity index (χ4v) is 3.05. The lowest BCUT2D eigenvalue weighted by Crippen LogP contribution is -2.32. The van der Waals surface area contributed by atoms with Crippen LogP contribution < -0.4 is 10.9 Å². The summed E-state index contributed by atoms with van der Waals surface area (Å²) in [6, 6.07) is 6.56. The summed E-state index contributed by atoms with van der Waals surface area (Å²) in [7, 11) is 1.28. The van der Waals surface area contributed by atoms with Gasteiger partial charge in [0.15, 0.2) is 0 Å². The van der Waals surface area contributed by atoms with Gasteiger partial charge < -0.3 is 10.1 Å². The highest BCUT2D eigenvalue weighted by atomic mass is 16.5. The molecule has 0 saturated heterocycles. The van der Waals surface area contributed by atoms with Gasteiger partial charge in [-0.15, -0.1) is 0 Å². The maximum Gasteiger partial charge on any atom is 0.339 e. The Labute approximate surface area is 144 Å². The molecule has 1 aliphatic rings. The number of amides is 1. The van der Waals surface area contributed by atoms with Crippen molar-refractivity contribution in [2.75, 3.05) is 12.4 Å². The molecule has 2 aromatic rings. The summed E-state index contributed by atoms with van der Waals surface area (Å²) in [6.07, 6.45) is 2.43. The lowest BCUT2D eigenvalue weighted by atomic mass is 10.2. The van der Waals surface area contributed by atoms with Crippen LogP contribution in [0.3, 0.4) is 0 Å². The van der Waals surface area contributed by atoms with Gasteiger partial charge in [0, 0.05) is 5.56 Å². The van der Waals surface area contributed by atoms with Crippen molar-refractivity contribution in [2.24, 2.45) is 0 Å². The molecule has 25 heavy (non-hydrogen) atoms. The van der Waals surface area contributed by atoms with Gasteiger partial charge in [-0.2, -0.15) is 0 Å². The highest BCUT2D eigenvalue weighted by Crippen LogP contribution is 2.18. The second-order valence-electron chi connectivity index (χ2n) is 5.91. The average molecular weight is 341 g/mol. The van der Waals surface area contributed by atoms with Gasteiger partial charge in [0.05, 0.1) is 24.1 Å². The third kappa shape index (κ3) is 3.31. The molecule has 1 heterocycles. The molecule has 1 aliphatic carbocycles. The number of anilines is 1. The number of esters is 1. The zero-order chi connectivity index (χ0) is 18.0. The Morgan fingerprint density at radius 3 is 2.80 bits per heavy atom. The number of hydrogen-bond donors (Lipinski definition) is 1. The first-order chi connectivity index (χ1) is 12.0. The lowest BCUT2D eigenvalue weighted by Gasteiger charge is -2.13. The van der Waals surface area contributed by atoms with Gasteiger partial charge in [-0.3, -0.25) is 14.2 Å². The Kier molecular flexibility index (Phi) is 4.65. The van der Waals surface area contributed by atoms with Crippen molar-refractivity contribution in [1.82, 2.24) is 9.55 Å². The number of benzene rings is 1. The van der Waals surface area contributed by atoms with Crippen LogP contribution in [0.5, 0.6) is 0 Å². The summed E-state index contributed by atoms with van der Waals surface area (Å²) in [4.78, 5) is 41.2. The molecule has 1 N–H and O–H groups in total. The van der Waals surface area contributed by atoms with Crippen LogP contribution in [-0.4, -0.2) is 28.5 Å². The van der Waals surface area contributed by atoms with Gasteiger partial charge in [0.25, 0.3) is 5.56 Å². The molecule has 1 aromatic carbocycles. The van der Waals surface area contributed by atoms with E-state index in [9.17, 15) is 14.4 Å². The molecule has 0 saturated carbocycles. The van der Waals surface area contributed by atoms with E-state index in [2.05, 4.69) is 10.3 Å². The molecule has 0 unspecified atom stereocenters. The van der Waals surface area contributed by atoms with Gasteiger partial charge in [-0.1, -0.05) is 12.1 Å². The van der Waals surface area contributed by atoms with Crippen molar-refractivity contribution in [2.45, 2.75) is 32.7 Å². The number of fused-ring (bicyclic) bond motifs is 1. The Bertz CT molecular complexity index is 902. The van der Waals surface area contributed by atoms with Crippen LogP contribution >= 0.6 is 0 Å².